The number of anilines is 1. The number of piperidine rings is 1. The first-order chi connectivity index (χ1) is 14.6. The molecule has 0 radical (unpaired) electrons. The Bertz CT molecular complexity index is 1030. The van der Waals surface area contributed by atoms with Crippen LogP contribution in [0.15, 0.2) is 60.8 Å². The second-order valence-electron chi connectivity index (χ2n) is 7.35. The predicted molar refractivity (Wildman–Crippen MR) is 118 cm³/mol. The summed E-state index contributed by atoms with van der Waals surface area (Å²) in [6.45, 7) is 1.46. The van der Waals surface area contributed by atoms with E-state index in [9.17, 15) is 14.7 Å². The maximum atomic E-state index is 12.8. The van der Waals surface area contributed by atoms with Crippen LogP contribution in [-0.4, -0.2) is 46.5 Å². The van der Waals surface area contributed by atoms with Crippen LogP contribution in [0.5, 0.6) is 0 Å². The molecule has 3 aromatic rings. The number of hydrogen-bond acceptors (Lipinski definition) is 5. The number of hydrogen-bond donors (Lipinski definition) is 2. The van der Waals surface area contributed by atoms with E-state index >= 15 is 0 Å². The minimum atomic E-state index is -0.247. The number of amides is 2. The summed E-state index contributed by atoms with van der Waals surface area (Å²) in [7, 11) is 0. The Labute approximate surface area is 179 Å². The lowest BCUT2D eigenvalue weighted by Crippen LogP contribution is -2.39. The molecule has 0 saturated carbocycles. The predicted octanol–water partition coefficient (Wildman–Crippen LogP) is 3.91. The van der Waals surface area contributed by atoms with Gasteiger partial charge in [-0.1, -0.05) is 36.4 Å². The van der Waals surface area contributed by atoms with Crippen molar-refractivity contribution in [2.75, 3.05) is 25.0 Å². The van der Waals surface area contributed by atoms with E-state index in [1.807, 2.05) is 35.2 Å². The molecule has 154 valence electrons. The van der Waals surface area contributed by atoms with Crippen LogP contribution < -0.4 is 5.32 Å². The summed E-state index contributed by atoms with van der Waals surface area (Å²) in [6, 6.07) is 16.7. The van der Waals surface area contributed by atoms with Gasteiger partial charge >= 0.3 is 0 Å². The van der Waals surface area contributed by atoms with E-state index in [1.54, 1.807) is 30.5 Å². The van der Waals surface area contributed by atoms with Gasteiger partial charge in [0.1, 0.15) is 9.88 Å². The van der Waals surface area contributed by atoms with E-state index in [0.717, 1.165) is 23.4 Å². The van der Waals surface area contributed by atoms with E-state index in [-0.39, 0.29) is 24.3 Å². The number of aliphatic hydroxyl groups excluding tert-OH is 1. The second-order valence-corrected chi connectivity index (χ2v) is 8.38. The molecule has 0 spiro atoms. The number of aliphatic hydroxyl groups is 1. The van der Waals surface area contributed by atoms with Crippen molar-refractivity contribution in [1.29, 1.82) is 0 Å². The third-order valence-electron chi connectivity index (χ3n) is 5.28. The Kier molecular flexibility index (Phi) is 6.21. The average Bonchev–Trinajstić information content (AvgIpc) is 3.30. The Balaban J connectivity index is 1.42. The quantitative estimate of drug-likeness (QED) is 0.654. The minimum absolute atomic E-state index is 0.0494. The van der Waals surface area contributed by atoms with Gasteiger partial charge in [0.15, 0.2) is 0 Å². The van der Waals surface area contributed by atoms with E-state index in [0.29, 0.717) is 29.2 Å². The van der Waals surface area contributed by atoms with Crippen LogP contribution in [0.4, 0.5) is 5.69 Å². The first-order valence-corrected chi connectivity index (χ1v) is 10.8. The summed E-state index contributed by atoms with van der Waals surface area (Å²) in [5, 5.41) is 12.9. The van der Waals surface area contributed by atoms with Gasteiger partial charge in [0.05, 0.1) is 6.20 Å². The van der Waals surface area contributed by atoms with Gasteiger partial charge in [-0.15, -0.1) is 11.3 Å². The molecule has 7 heteroatoms. The number of carbonyl (C=O) groups is 2. The molecule has 1 aliphatic heterocycles. The fraction of sp³-hybridized carbons (Fsp3) is 0.261. The summed E-state index contributed by atoms with van der Waals surface area (Å²) in [5.74, 6) is -0.0189. The molecular weight excluding hydrogens is 398 g/mol. The van der Waals surface area contributed by atoms with Gasteiger partial charge < -0.3 is 15.3 Å². The molecule has 1 aliphatic rings. The van der Waals surface area contributed by atoms with Gasteiger partial charge in [-0.05, 0) is 37.0 Å². The third-order valence-corrected chi connectivity index (χ3v) is 6.32. The van der Waals surface area contributed by atoms with Gasteiger partial charge in [-0.2, -0.15) is 0 Å². The number of carbonyl (C=O) groups excluding carboxylic acids is 2. The van der Waals surface area contributed by atoms with E-state index in [1.165, 1.54) is 11.3 Å². The van der Waals surface area contributed by atoms with E-state index < -0.39 is 0 Å². The number of nitrogens with one attached hydrogen (secondary N) is 1. The Morgan fingerprint density at radius 2 is 1.87 bits per heavy atom. The number of aromatic nitrogens is 1. The van der Waals surface area contributed by atoms with Crippen molar-refractivity contribution in [3.8, 4) is 10.6 Å². The SMILES string of the molecule is O=C(Nc1cccc(C(=O)N2CCC(CO)CC2)c1)c1cnc(-c2ccccc2)s1. The molecule has 2 aromatic carbocycles. The molecule has 0 bridgehead atoms. The van der Waals surface area contributed by atoms with Crippen molar-refractivity contribution < 1.29 is 14.7 Å². The van der Waals surface area contributed by atoms with Crippen LogP contribution in [0.3, 0.4) is 0 Å². The first kappa shape index (κ1) is 20.3. The molecule has 2 N–H and O–H groups in total. The van der Waals surface area contributed by atoms with Crippen molar-refractivity contribution >= 4 is 28.8 Å². The molecule has 0 aliphatic carbocycles. The third kappa shape index (κ3) is 4.58. The van der Waals surface area contributed by atoms with Crippen LogP contribution in [0.25, 0.3) is 10.6 Å². The number of likely N-dealkylation sites (tertiary alicyclic amines) is 1. The zero-order valence-corrected chi connectivity index (χ0v) is 17.3. The van der Waals surface area contributed by atoms with Gasteiger partial charge in [0.25, 0.3) is 11.8 Å². The van der Waals surface area contributed by atoms with Gasteiger partial charge in [-0.25, -0.2) is 4.98 Å². The lowest BCUT2D eigenvalue weighted by Gasteiger charge is -2.31. The zero-order valence-electron chi connectivity index (χ0n) is 16.5. The lowest BCUT2D eigenvalue weighted by atomic mass is 9.97. The summed E-state index contributed by atoms with van der Waals surface area (Å²) >= 11 is 1.33. The van der Waals surface area contributed by atoms with Gasteiger partial charge in [0.2, 0.25) is 0 Å². The summed E-state index contributed by atoms with van der Waals surface area (Å²) in [5.41, 5.74) is 2.09. The smallest absolute Gasteiger partial charge is 0.267 e. The molecular formula is C23H23N3O3S. The van der Waals surface area contributed by atoms with Crippen molar-refractivity contribution in [3.63, 3.8) is 0 Å². The van der Waals surface area contributed by atoms with Crippen molar-refractivity contribution in [2.45, 2.75) is 12.8 Å². The maximum absolute atomic E-state index is 12.8. The molecule has 30 heavy (non-hydrogen) atoms. The largest absolute Gasteiger partial charge is 0.396 e. The standard InChI is InChI=1S/C23H23N3O3S/c27-15-16-9-11-26(12-10-16)23(29)18-7-4-8-19(13-18)25-21(28)20-14-24-22(30-20)17-5-2-1-3-6-17/h1-8,13-14,16,27H,9-12,15H2,(H,25,28). The van der Waals surface area contributed by atoms with Crippen LogP contribution in [-0.2, 0) is 0 Å². The molecule has 0 unspecified atom stereocenters. The van der Waals surface area contributed by atoms with Crippen molar-refractivity contribution in [3.05, 3.63) is 71.2 Å². The normalized spacial score (nSPS) is 14.5. The van der Waals surface area contributed by atoms with Crippen LogP contribution >= 0.6 is 11.3 Å². The van der Waals surface area contributed by atoms with E-state index in [2.05, 4.69) is 10.3 Å². The highest BCUT2D eigenvalue weighted by atomic mass is 32.1. The monoisotopic (exact) mass is 421 g/mol. The number of thiazole rings is 1. The maximum Gasteiger partial charge on any atom is 0.267 e. The molecule has 2 amide bonds. The van der Waals surface area contributed by atoms with E-state index in [4.69, 9.17) is 0 Å². The highest BCUT2D eigenvalue weighted by Crippen LogP contribution is 2.26. The Morgan fingerprint density at radius 3 is 2.60 bits per heavy atom. The van der Waals surface area contributed by atoms with Crippen LogP contribution in [0, 0.1) is 5.92 Å². The molecule has 1 fully saturated rings. The Morgan fingerprint density at radius 1 is 1.10 bits per heavy atom. The topological polar surface area (TPSA) is 82.5 Å². The second kappa shape index (κ2) is 9.19. The zero-order chi connectivity index (χ0) is 20.9. The highest BCUT2D eigenvalue weighted by molar-refractivity contribution is 7.17. The van der Waals surface area contributed by atoms with Crippen molar-refractivity contribution in [1.82, 2.24) is 9.88 Å². The highest BCUT2D eigenvalue weighted by Gasteiger charge is 2.23. The van der Waals surface area contributed by atoms with Crippen molar-refractivity contribution in [2.24, 2.45) is 5.92 Å². The fourth-order valence-electron chi connectivity index (χ4n) is 3.52. The minimum Gasteiger partial charge on any atom is -0.396 e. The van der Waals surface area contributed by atoms with Crippen LogP contribution in [0.1, 0.15) is 32.9 Å². The summed E-state index contributed by atoms with van der Waals surface area (Å²) < 4.78 is 0. The lowest BCUT2D eigenvalue weighted by molar-refractivity contribution is 0.0650. The molecule has 6 nitrogen and oxygen atoms in total. The number of benzene rings is 2. The molecule has 2 heterocycles. The summed E-state index contributed by atoms with van der Waals surface area (Å²) in [6.07, 6.45) is 3.20. The summed E-state index contributed by atoms with van der Waals surface area (Å²) in [4.78, 5) is 32.1. The molecule has 1 saturated heterocycles. The van der Waals surface area contributed by atoms with Gasteiger partial charge in [-0.3, -0.25) is 9.59 Å². The molecule has 1 aromatic heterocycles. The van der Waals surface area contributed by atoms with Gasteiger partial charge in [0, 0.05) is 36.5 Å². The first-order valence-electron chi connectivity index (χ1n) is 9.97. The average molecular weight is 422 g/mol. The Hall–Kier alpha value is -3.03. The molecule has 4 rings (SSSR count). The number of nitrogens with zero attached hydrogens (tertiary/aromatic N) is 2. The van der Waals surface area contributed by atoms with Crippen LogP contribution in [0.2, 0.25) is 0 Å². The fourth-order valence-corrected chi connectivity index (χ4v) is 4.33. The number of rotatable bonds is 5. The molecule has 0 atom stereocenters.